The highest BCUT2D eigenvalue weighted by Crippen LogP contribution is 2.35. The number of amides is 2. The average Bonchev–Trinajstić information content (AvgIpc) is 3.75. The third-order valence-corrected chi connectivity index (χ3v) is 13.5. The number of hydrogen-bond donors (Lipinski definition) is 13. The quantitative estimate of drug-likeness (QED) is 0.167. The number of aliphatic hydroxyl groups is 10. The van der Waals surface area contributed by atoms with Crippen molar-refractivity contribution in [3.05, 3.63) is 85.1 Å². The molecular formula is C51H82N4O16. The zero-order valence-electron chi connectivity index (χ0n) is 41.4. The molecule has 4 aliphatic rings. The van der Waals surface area contributed by atoms with Crippen molar-refractivity contribution in [2.24, 2.45) is 23.3 Å². The molecule has 4 aliphatic heterocycles. The van der Waals surface area contributed by atoms with Gasteiger partial charge in [-0.3, -0.25) is 4.79 Å². The third kappa shape index (κ3) is 19.6. The summed E-state index contributed by atoms with van der Waals surface area (Å²) in [5.41, 5.74) is 12.2. The van der Waals surface area contributed by atoms with Crippen LogP contribution in [0.2, 0.25) is 0 Å². The molecule has 0 saturated carbocycles. The van der Waals surface area contributed by atoms with Gasteiger partial charge in [0.25, 0.3) is 0 Å². The number of nitrogens with zero attached hydrogens (tertiary/aromatic N) is 1. The first-order chi connectivity index (χ1) is 33.6. The molecule has 20 nitrogen and oxygen atoms in total. The summed E-state index contributed by atoms with van der Waals surface area (Å²) in [6, 6.07) is -3.05. The second-order valence-corrected chi connectivity index (χ2v) is 19.7. The number of likely N-dealkylation sites (tertiary alicyclic amines) is 1. The molecule has 20 atom stereocenters. The topological polar surface area (TPSA) is 341 Å². The monoisotopic (exact) mass is 1010 g/mol. The molecule has 3 saturated heterocycles. The minimum absolute atomic E-state index is 0.0933. The summed E-state index contributed by atoms with van der Waals surface area (Å²) in [5, 5.41) is 113. The van der Waals surface area contributed by atoms with Gasteiger partial charge in [0.15, 0.2) is 12.1 Å². The van der Waals surface area contributed by atoms with Crippen LogP contribution in [-0.2, 0) is 23.7 Å². The molecule has 15 N–H and O–H groups in total. The molecule has 71 heavy (non-hydrogen) atoms. The normalized spacial score (nSPS) is 44.8. The first-order valence-corrected chi connectivity index (χ1v) is 24.9. The lowest BCUT2D eigenvalue weighted by Gasteiger charge is -2.47. The molecule has 4 heterocycles. The fourth-order valence-electron chi connectivity index (χ4n) is 9.04. The van der Waals surface area contributed by atoms with Crippen LogP contribution in [0.15, 0.2) is 85.1 Å². The molecule has 4 rings (SSSR count). The Bertz CT molecular complexity index is 1850. The van der Waals surface area contributed by atoms with Crippen molar-refractivity contribution in [2.75, 3.05) is 13.1 Å². The number of nitrogens with two attached hydrogens (primary N) is 2. The average molecular weight is 1010 g/mol. The van der Waals surface area contributed by atoms with Gasteiger partial charge in [0, 0.05) is 56.7 Å². The van der Waals surface area contributed by atoms with Crippen LogP contribution >= 0.6 is 0 Å². The Kier molecular flexibility index (Phi) is 24.7. The number of urea groups is 1. The van der Waals surface area contributed by atoms with Crippen molar-refractivity contribution >= 4 is 12.0 Å². The van der Waals surface area contributed by atoms with Gasteiger partial charge in [-0.25, -0.2) is 4.79 Å². The van der Waals surface area contributed by atoms with E-state index in [4.69, 9.17) is 30.4 Å². The second kappa shape index (κ2) is 29.3. The Labute approximate surface area is 417 Å². The van der Waals surface area contributed by atoms with E-state index in [2.05, 4.69) is 5.32 Å². The van der Waals surface area contributed by atoms with E-state index < -0.39 is 147 Å². The van der Waals surface area contributed by atoms with E-state index in [1.54, 1.807) is 63.3 Å². The van der Waals surface area contributed by atoms with E-state index in [-0.39, 0.29) is 44.2 Å². The number of carbonyl (C=O) groups excluding carboxylic acids is 2. The molecule has 20 heteroatoms. The fraction of sp³-hybridized carbons (Fsp3) is 0.686. The lowest BCUT2D eigenvalue weighted by molar-refractivity contribution is -0.303. The summed E-state index contributed by atoms with van der Waals surface area (Å²) in [6.07, 6.45) is 5.66. The number of rotatable bonds is 3. The van der Waals surface area contributed by atoms with E-state index in [1.807, 2.05) is 49.5 Å². The Morgan fingerprint density at radius 3 is 1.90 bits per heavy atom. The lowest BCUT2D eigenvalue weighted by atomic mass is 9.87. The Morgan fingerprint density at radius 2 is 1.30 bits per heavy atom. The number of aliphatic hydroxyl groups excluding tert-OH is 9. The Balaban J connectivity index is 1.60. The number of carbonyl (C=O) groups is 2. The Morgan fingerprint density at radius 1 is 0.690 bits per heavy atom. The molecular weight excluding hydrogens is 925 g/mol. The van der Waals surface area contributed by atoms with Gasteiger partial charge in [-0.1, -0.05) is 98.9 Å². The predicted molar refractivity (Wildman–Crippen MR) is 262 cm³/mol. The molecule has 0 aliphatic carbocycles. The minimum Gasteiger partial charge on any atom is -0.462 e. The molecule has 402 valence electrons. The SMILES string of the molecule is C[C@@H]1OC(=O)CC(O)CC(O)CCC(O)C(O)CC(O)CC2(O)C[C@H](O)C(NC(=O)N3CC[C@H](N)C3)[C@H](CC(OC3O[C@H](C)[C@@H](O)[C@H](N)[C@@H]3O)/C=C/C=C/C=C/C=C/C=C/C=C/C=C/[C@H](C)C(O)[C@H]1C)O2. The number of nitrogens with one attached hydrogen (secondary N) is 1. The van der Waals surface area contributed by atoms with Crippen molar-refractivity contribution in [3.8, 4) is 0 Å². The number of fused-ring (bicyclic) bond motifs is 2. The van der Waals surface area contributed by atoms with Gasteiger partial charge in [0.2, 0.25) is 0 Å². The highest BCUT2D eigenvalue weighted by Gasteiger charge is 2.49. The molecule has 2 bridgehead atoms. The summed E-state index contributed by atoms with van der Waals surface area (Å²) >= 11 is 0. The molecule has 0 aromatic heterocycles. The zero-order valence-corrected chi connectivity index (χ0v) is 41.4. The third-order valence-electron chi connectivity index (χ3n) is 13.5. The van der Waals surface area contributed by atoms with Gasteiger partial charge in [0.05, 0.1) is 85.6 Å². The minimum atomic E-state index is -2.25. The van der Waals surface area contributed by atoms with Gasteiger partial charge >= 0.3 is 12.0 Å². The number of allylic oxidation sites excluding steroid dienone is 12. The van der Waals surface area contributed by atoms with Gasteiger partial charge < -0.3 is 91.7 Å². The summed E-state index contributed by atoms with van der Waals surface area (Å²) < 4.78 is 23.8. The van der Waals surface area contributed by atoms with E-state index in [9.17, 15) is 60.7 Å². The van der Waals surface area contributed by atoms with E-state index in [0.29, 0.717) is 13.0 Å². The van der Waals surface area contributed by atoms with Gasteiger partial charge in [-0.15, -0.1) is 0 Å². The fourth-order valence-corrected chi connectivity index (χ4v) is 9.04. The van der Waals surface area contributed by atoms with Crippen LogP contribution in [0, 0.1) is 11.8 Å². The highest BCUT2D eigenvalue weighted by molar-refractivity contribution is 5.75. The highest BCUT2D eigenvalue weighted by atomic mass is 16.7. The molecule has 0 aromatic rings. The molecule has 10 unspecified atom stereocenters. The van der Waals surface area contributed by atoms with Crippen LogP contribution in [0.25, 0.3) is 0 Å². The number of hydrogen-bond acceptors (Lipinski definition) is 18. The standard InChI is InChI=1S/C51H82N4O16/c1-30-17-15-13-11-9-7-5-6-8-10-12-14-16-18-38(70-49-48(65)44(53)47(64)33(4)69-49)26-42-45(54-50(66)55-22-21-34(52)29-55)41(61)28-51(67,71-42)27-37(58)24-40(60)39(59)20-19-35(56)23-36(57)25-43(62)68-32(3)31(2)46(30)63/h5-18,30-42,44-49,56-61,63-65,67H,19-29,52-53H2,1-4H3,(H,54,66)/b6-5+,9-7+,10-8+,13-11+,14-12+,17-15+,18-16+/t30-,31-,32-,33+,34-,35?,36?,37?,38?,39?,40?,41-,42-,44-,45?,46?,47+,48-,49?,51?/m0/s1. The number of esters is 1. The van der Waals surface area contributed by atoms with E-state index >= 15 is 0 Å². The largest absolute Gasteiger partial charge is 0.462 e. The molecule has 2 amide bonds. The Hall–Kier alpha value is -3.68. The molecule has 3 fully saturated rings. The molecule has 0 radical (unpaired) electrons. The van der Waals surface area contributed by atoms with E-state index in [1.165, 1.54) is 4.90 Å². The van der Waals surface area contributed by atoms with Crippen molar-refractivity contribution in [1.29, 1.82) is 0 Å². The maximum atomic E-state index is 13.5. The summed E-state index contributed by atoms with van der Waals surface area (Å²) in [4.78, 5) is 27.7. The zero-order chi connectivity index (χ0) is 52.4. The lowest BCUT2D eigenvalue weighted by Crippen LogP contribution is -2.64. The van der Waals surface area contributed by atoms with Crippen molar-refractivity contribution in [3.63, 3.8) is 0 Å². The van der Waals surface area contributed by atoms with Gasteiger partial charge in [0.1, 0.15) is 12.2 Å². The van der Waals surface area contributed by atoms with Crippen LogP contribution in [-0.4, -0.2) is 191 Å². The van der Waals surface area contributed by atoms with Crippen LogP contribution in [0.1, 0.15) is 85.5 Å². The van der Waals surface area contributed by atoms with Crippen LogP contribution < -0.4 is 16.8 Å². The van der Waals surface area contributed by atoms with Crippen LogP contribution in [0.4, 0.5) is 4.79 Å². The first-order valence-electron chi connectivity index (χ1n) is 24.9. The summed E-state index contributed by atoms with van der Waals surface area (Å²) in [6.45, 7) is 7.44. The number of cyclic esters (lactones) is 1. The van der Waals surface area contributed by atoms with Crippen LogP contribution in [0.5, 0.6) is 0 Å². The predicted octanol–water partition coefficient (Wildman–Crippen LogP) is 0.122. The smallest absolute Gasteiger partial charge is 0.317 e. The van der Waals surface area contributed by atoms with E-state index in [0.717, 1.165) is 0 Å². The first kappa shape index (κ1) is 59.9. The molecule has 0 spiro atoms. The molecule has 0 aromatic carbocycles. The number of ether oxygens (including phenoxy) is 4. The maximum Gasteiger partial charge on any atom is 0.317 e. The maximum absolute atomic E-state index is 13.5. The van der Waals surface area contributed by atoms with Gasteiger partial charge in [-0.05, 0) is 39.5 Å². The van der Waals surface area contributed by atoms with Gasteiger partial charge in [-0.2, -0.15) is 0 Å². The van der Waals surface area contributed by atoms with Crippen molar-refractivity contribution in [1.82, 2.24) is 10.2 Å². The van der Waals surface area contributed by atoms with Crippen molar-refractivity contribution in [2.45, 2.75) is 195 Å². The van der Waals surface area contributed by atoms with Crippen LogP contribution in [0.3, 0.4) is 0 Å². The summed E-state index contributed by atoms with van der Waals surface area (Å²) in [5.74, 6) is -3.70. The summed E-state index contributed by atoms with van der Waals surface area (Å²) in [7, 11) is 0. The van der Waals surface area contributed by atoms with Crippen molar-refractivity contribution < 1.29 is 79.6 Å². The second-order valence-electron chi connectivity index (χ2n) is 19.7.